The zero-order valence-electron chi connectivity index (χ0n) is 23.2. The molecular formula is C30H14F6N4O4S2. The second kappa shape index (κ2) is 10.2. The fraction of sp³-hybridized carbons (Fsp3) is 0.200. The van der Waals surface area contributed by atoms with E-state index in [1.807, 2.05) is 6.07 Å². The summed E-state index contributed by atoms with van der Waals surface area (Å²) in [5.41, 5.74) is -12.7. The van der Waals surface area contributed by atoms with Crippen molar-refractivity contribution in [3.05, 3.63) is 90.9 Å². The zero-order chi connectivity index (χ0) is 34.3. The molecule has 0 aliphatic heterocycles. The first kappa shape index (κ1) is 32.2. The number of hydrogen-bond acceptors (Lipinski definition) is 6. The first-order valence-electron chi connectivity index (χ1n) is 12.7. The van der Waals surface area contributed by atoms with Crippen molar-refractivity contribution in [2.75, 3.05) is 0 Å². The summed E-state index contributed by atoms with van der Waals surface area (Å²) in [6, 6.07) is 6.98. The molecule has 0 N–H and O–H groups in total. The smallest absolute Gasteiger partial charge is 0.226 e. The highest BCUT2D eigenvalue weighted by Crippen LogP contribution is 2.47. The Morgan fingerprint density at radius 3 is 1.61 bits per heavy atom. The number of benzene rings is 3. The summed E-state index contributed by atoms with van der Waals surface area (Å²) < 4.78 is 133. The van der Waals surface area contributed by atoms with E-state index in [-0.39, 0.29) is 39.6 Å². The minimum Gasteiger partial charge on any atom is -0.226 e. The highest BCUT2D eigenvalue weighted by atomic mass is 32.2. The molecule has 3 aromatic rings. The number of aryl methyl sites for hydroxylation is 2. The second-order valence-electron chi connectivity index (χ2n) is 10.4. The van der Waals surface area contributed by atoms with Gasteiger partial charge in [-0.05, 0) is 88.9 Å². The molecule has 0 fully saturated rings. The predicted molar refractivity (Wildman–Crippen MR) is 149 cm³/mol. The van der Waals surface area contributed by atoms with Crippen LogP contribution in [-0.4, -0.2) is 27.9 Å². The van der Waals surface area contributed by atoms with Gasteiger partial charge in [-0.15, -0.1) is 0 Å². The second-order valence-corrected chi connectivity index (χ2v) is 14.3. The van der Waals surface area contributed by atoms with Crippen molar-refractivity contribution in [1.29, 1.82) is 10.5 Å². The van der Waals surface area contributed by atoms with E-state index in [1.165, 1.54) is 0 Å². The molecule has 0 unspecified atom stereocenters. The average molecular weight is 673 g/mol. The summed E-state index contributed by atoms with van der Waals surface area (Å²) in [5.74, 6) is 0. The van der Waals surface area contributed by atoms with E-state index in [4.69, 9.17) is 13.1 Å². The van der Waals surface area contributed by atoms with E-state index in [0.717, 1.165) is 11.1 Å². The van der Waals surface area contributed by atoms with Crippen LogP contribution < -0.4 is 10.4 Å². The Morgan fingerprint density at radius 2 is 1.17 bits per heavy atom. The molecule has 0 saturated heterocycles. The van der Waals surface area contributed by atoms with Crippen molar-refractivity contribution in [3.63, 3.8) is 0 Å². The normalized spacial score (nSPS) is 14.9. The molecule has 3 aromatic carbocycles. The lowest BCUT2D eigenvalue weighted by atomic mass is 9.90. The third-order valence-corrected chi connectivity index (χ3v) is 10.9. The van der Waals surface area contributed by atoms with Crippen LogP contribution in [0.15, 0.2) is 34.1 Å². The first-order chi connectivity index (χ1) is 21.3. The van der Waals surface area contributed by atoms with E-state index in [2.05, 4.69) is 9.69 Å². The van der Waals surface area contributed by atoms with Gasteiger partial charge in [-0.2, -0.15) is 26.3 Å². The molecule has 0 saturated carbocycles. The Morgan fingerprint density at radius 1 is 0.717 bits per heavy atom. The quantitative estimate of drug-likeness (QED) is 0.189. The molecule has 5 rings (SSSR count). The molecule has 0 spiro atoms. The van der Waals surface area contributed by atoms with Gasteiger partial charge in [0.25, 0.3) is 31.1 Å². The summed E-state index contributed by atoms with van der Waals surface area (Å²) in [7, 11) is -12.9. The summed E-state index contributed by atoms with van der Waals surface area (Å²) in [6.07, 6.45) is -0.873. The third kappa shape index (κ3) is 4.37. The van der Waals surface area contributed by atoms with Crippen LogP contribution in [0.1, 0.15) is 33.4 Å². The van der Waals surface area contributed by atoms with Crippen molar-refractivity contribution in [3.8, 4) is 34.4 Å². The molecule has 8 nitrogen and oxygen atoms in total. The standard InChI is InChI=1S/C30H14F6N4O4S2/c1-13-5-14(2)16-9-20-25(18(16)6-13)28(23(12-38)40-4)21-10-17-19(26(21)27(20)22(11-37)39-3)7-15(45(41,42)29(31,32)33)8-24(17)46(43,44)30(34,35)36/h5-8H,9-10H2,1-2H3/b27-22+,28-23-. The summed E-state index contributed by atoms with van der Waals surface area (Å²) >= 11 is 0. The molecule has 2 aliphatic rings. The Balaban J connectivity index is 2.16. The number of rotatable bonds is 2. The van der Waals surface area contributed by atoms with Gasteiger partial charge >= 0.3 is 11.0 Å². The molecule has 0 heterocycles. The maximum Gasteiger partial charge on any atom is 0.501 e. The van der Waals surface area contributed by atoms with Gasteiger partial charge in [-0.1, -0.05) is 17.7 Å². The summed E-state index contributed by atoms with van der Waals surface area (Å²) in [6.45, 7) is 18.8. The Kier molecular flexibility index (Phi) is 7.13. The highest BCUT2D eigenvalue weighted by molar-refractivity contribution is 7.93. The molecule has 2 aliphatic carbocycles. The molecule has 0 amide bonds. The molecule has 232 valence electrons. The van der Waals surface area contributed by atoms with Crippen LogP contribution in [0, 0.1) is 49.7 Å². The molecule has 16 heteroatoms. The van der Waals surface area contributed by atoms with Crippen LogP contribution in [0.4, 0.5) is 26.3 Å². The Labute approximate surface area is 257 Å². The van der Waals surface area contributed by atoms with Crippen molar-refractivity contribution in [2.45, 2.75) is 47.5 Å². The highest BCUT2D eigenvalue weighted by Gasteiger charge is 2.52. The van der Waals surface area contributed by atoms with E-state index >= 15 is 0 Å². The monoisotopic (exact) mass is 672 g/mol. The summed E-state index contributed by atoms with van der Waals surface area (Å²) in [4.78, 5) is 2.86. The fourth-order valence-corrected chi connectivity index (χ4v) is 8.01. The van der Waals surface area contributed by atoms with Crippen LogP contribution >= 0.6 is 0 Å². The van der Waals surface area contributed by atoms with Crippen LogP contribution in [0.25, 0.3) is 43.3 Å². The number of fused-ring (bicyclic) bond motifs is 6. The third-order valence-electron chi connectivity index (χ3n) is 7.87. The zero-order valence-corrected chi connectivity index (χ0v) is 24.9. The number of hydrogen-bond donors (Lipinski definition) is 0. The number of halogens is 6. The first-order valence-corrected chi connectivity index (χ1v) is 15.6. The van der Waals surface area contributed by atoms with E-state index in [1.54, 1.807) is 32.1 Å². The number of nitrogens with zero attached hydrogens (tertiary/aromatic N) is 4. The lowest BCUT2D eigenvalue weighted by molar-refractivity contribution is -0.0438. The minimum absolute atomic E-state index is 0.0482. The fourth-order valence-electron chi connectivity index (χ4n) is 6.09. The van der Waals surface area contributed by atoms with Crippen LogP contribution in [0.5, 0.6) is 0 Å². The predicted octanol–water partition coefficient (Wildman–Crippen LogP) is 5.13. The molecule has 0 bridgehead atoms. The molecule has 0 aromatic heterocycles. The number of sulfone groups is 2. The van der Waals surface area contributed by atoms with Gasteiger partial charge < -0.3 is 0 Å². The van der Waals surface area contributed by atoms with Crippen LogP contribution in [0.3, 0.4) is 0 Å². The van der Waals surface area contributed by atoms with E-state index < -0.39 is 75.0 Å². The Hall–Kier alpha value is -5.16. The van der Waals surface area contributed by atoms with Gasteiger partial charge in [-0.25, -0.2) is 37.0 Å². The summed E-state index contributed by atoms with van der Waals surface area (Å²) in [5, 5.41) is 19.5. The SMILES string of the molecule is [C-]#[N+]/C(C#N)=c1/c2c(/c(=C(\C#N)[N+]#[C-])c3c1-c1cc(C)cc(C)c1C3)-c1cc(S(=O)(=O)C(F)(F)F)cc(S(=O)(=O)C(F)(F)F)c1C2. The van der Waals surface area contributed by atoms with Crippen molar-refractivity contribution >= 4 is 31.1 Å². The topological polar surface area (TPSA) is 125 Å². The lowest BCUT2D eigenvalue weighted by Crippen LogP contribution is -2.27. The van der Waals surface area contributed by atoms with Gasteiger partial charge in [0, 0.05) is 10.4 Å². The molecular weight excluding hydrogens is 658 g/mol. The van der Waals surface area contributed by atoms with Gasteiger partial charge in [0.1, 0.15) is 0 Å². The molecule has 0 radical (unpaired) electrons. The lowest BCUT2D eigenvalue weighted by Gasteiger charge is -2.16. The van der Waals surface area contributed by atoms with Crippen molar-refractivity contribution < 1.29 is 43.2 Å². The van der Waals surface area contributed by atoms with E-state index in [0.29, 0.717) is 17.2 Å². The van der Waals surface area contributed by atoms with Gasteiger partial charge in [0.05, 0.1) is 35.1 Å². The van der Waals surface area contributed by atoms with Gasteiger partial charge in [0.15, 0.2) is 0 Å². The largest absolute Gasteiger partial charge is 0.501 e. The Bertz CT molecular complexity index is 2460. The van der Waals surface area contributed by atoms with Crippen LogP contribution in [-0.2, 0) is 32.5 Å². The number of nitriles is 2. The molecule has 46 heavy (non-hydrogen) atoms. The van der Waals surface area contributed by atoms with E-state index in [9.17, 15) is 53.7 Å². The van der Waals surface area contributed by atoms with Gasteiger partial charge in [-0.3, -0.25) is 0 Å². The van der Waals surface area contributed by atoms with Crippen molar-refractivity contribution in [1.82, 2.24) is 0 Å². The van der Waals surface area contributed by atoms with Crippen molar-refractivity contribution in [2.24, 2.45) is 0 Å². The minimum atomic E-state index is -6.50. The number of alkyl halides is 6. The van der Waals surface area contributed by atoms with Gasteiger partial charge in [0.2, 0.25) is 0 Å². The average Bonchev–Trinajstić information content (AvgIpc) is 3.52. The molecule has 0 atom stereocenters. The maximum atomic E-state index is 13.9. The van der Waals surface area contributed by atoms with Crippen LogP contribution in [0.2, 0.25) is 0 Å². The maximum absolute atomic E-state index is 13.9.